The summed E-state index contributed by atoms with van der Waals surface area (Å²) in [5.41, 5.74) is 3.43. The van der Waals surface area contributed by atoms with Crippen LogP contribution in [-0.4, -0.2) is 17.4 Å². The minimum atomic E-state index is 0. The van der Waals surface area contributed by atoms with Gasteiger partial charge in [0.25, 0.3) is 0 Å². The molecule has 0 aliphatic heterocycles. The molecule has 3 rings (SSSR count). The van der Waals surface area contributed by atoms with Crippen LogP contribution in [-0.2, 0) is 18.6 Å². The number of nitrogens with zero attached hydrogens (tertiary/aromatic N) is 3. The number of pyridine rings is 1. The van der Waals surface area contributed by atoms with Crippen molar-refractivity contribution in [3.63, 3.8) is 0 Å². The Balaban J connectivity index is 0. The molecule has 2 aromatic carbocycles. The Labute approximate surface area is 184 Å². The van der Waals surface area contributed by atoms with Crippen LogP contribution < -0.4 is 37.2 Å². The van der Waals surface area contributed by atoms with Crippen LogP contribution in [0.15, 0.2) is 88.8 Å². The maximum Gasteiger partial charge on any atom is 3.00 e. The van der Waals surface area contributed by atoms with Crippen molar-refractivity contribution >= 4 is 23.8 Å². The van der Waals surface area contributed by atoms with Crippen LogP contribution in [0.2, 0.25) is 0 Å². The fourth-order valence-electron chi connectivity index (χ4n) is 1.92. The maximum atomic E-state index is 4.50. The molecule has 0 unspecified atom stereocenters. The molecule has 1 heterocycles. The van der Waals surface area contributed by atoms with E-state index in [1.54, 1.807) is 12.4 Å². The van der Waals surface area contributed by atoms with Gasteiger partial charge in [-0.3, -0.25) is 9.98 Å². The number of benzene rings is 2. The van der Waals surface area contributed by atoms with Crippen LogP contribution in [0.4, 0.5) is 11.4 Å². The van der Waals surface area contributed by atoms with Gasteiger partial charge in [0.1, 0.15) is 0 Å². The zero-order valence-electron chi connectivity index (χ0n) is 13.6. The van der Waals surface area contributed by atoms with Crippen LogP contribution in [0.25, 0.3) is 0 Å². The Morgan fingerprint density at radius 2 is 0.923 bits per heavy atom. The Kier molecular flexibility index (Phi) is 14.9. The summed E-state index contributed by atoms with van der Waals surface area (Å²) in [6, 6.07) is 25.4. The molecule has 3 nitrogen and oxygen atoms in total. The van der Waals surface area contributed by atoms with E-state index in [0.29, 0.717) is 0 Å². The first-order valence-electron chi connectivity index (χ1n) is 7.05. The summed E-state index contributed by atoms with van der Waals surface area (Å²) in [5.74, 6) is 0. The zero-order chi connectivity index (χ0) is 15.0. The molecule has 3 aromatic rings. The van der Waals surface area contributed by atoms with Gasteiger partial charge in [-0.05, 0) is 36.4 Å². The minimum Gasteiger partial charge on any atom is -1.00 e. The largest absolute Gasteiger partial charge is 3.00 e. The Bertz CT molecular complexity index is 733. The van der Waals surface area contributed by atoms with Crippen LogP contribution in [0, 0.1) is 0 Å². The molecule has 0 saturated carbocycles. The molecule has 0 N–H and O–H groups in total. The van der Waals surface area contributed by atoms with E-state index in [-0.39, 0.29) is 55.8 Å². The molecule has 7 heteroatoms. The normalized spacial score (nSPS) is 9.54. The number of hydrogen-bond acceptors (Lipinski definition) is 3. The van der Waals surface area contributed by atoms with Gasteiger partial charge in [0.2, 0.25) is 0 Å². The second-order valence-electron chi connectivity index (χ2n) is 4.67. The summed E-state index contributed by atoms with van der Waals surface area (Å²) in [6.45, 7) is 0. The standard InChI is InChI=1S/C19H15N3.3ClH.V/c1-3-8-16(9-4-1)20-14-18-12-7-13-19(22-18)15-21-17-10-5-2-6-11-17;;;;/h1-15H;3*1H;/q;;;;+3/p-3. The summed E-state index contributed by atoms with van der Waals surface area (Å²) in [7, 11) is 0. The molecule has 132 valence electrons. The van der Waals surface area contributed by atoms with E-state index in [1.165, 1.54) is 0 Å². The fraction of sp³-hybridized carbons (Fsp3) is 0. The third-order valence-electron chi connectivity index (χ3n) is 3.00. The second kappa shape index (κ2) is 14.5. The van der Waals surface area contributed by atoms with Gasteiger partial charge in [-0.2, -0.15) is 0 Å². The molecule has 26 heavy (non-hydrogen) atoms. The Morgan fingerprint density at radius 1 is 0.538 bits per heavy atom. The molecule has 0 spiro atoms. The number of rotatable bonds is 4. The third kappa shape index (κ3) is 8.66. The Morgan fingerprint density at radius 3 is 1.31 bits per heavy atom. The first-order valence-corrected chi connectivity index (χ1v) is 7.05. The SMILES string of the molecule is C(=Nc1ccccc1)c1cccc(C=Nc2ccccc2)n1.[Cl-].[Cl-].[Cl-].[V+3]. The van der Waals surface area contributed by atoms with Crippen molar-refractivity contribution < 1.29 is 55.8 Å². The van der Waals surface area contributed by atoms with Gasteiger partial charge >= 0.3 is 18.6 Å². The van der Waals surface area contributed by atoms with Crippen molar-refractivity contribution in [2.45, 2.75) is 0 Å². The molecule has 0 saturated heterocycles. The number of hydrogen-bond donors (Lipinski definition) is 0. The van der Waals surface area contributed by atoms with Crippen molar-refractivity contribution in [2.24, 2.45) is 9.98 Å². The van der Waals surface area contributed by atoms with Gasteiger partial charge < -0.3 is 37.2 Å². The van der Waals surface area contributed by atoms with E-state index in [4.69, 9.17) is 0 Å². The topological polar surface area (TPSA) is 37.6 Å². The molecule has 0 atom stereocenters. The van der Waals surface area contributed by atoms with Crippen molar-refractivity contribution in [3.8, 4) is 0 Å². The minimum absolute atomic E-state index is 0. The van der Waals surface area contributed by atoms with Crippen LogP contribution in [0.1, 0.15) is 11.4 Å². The molecule has 0 amide bonds. The first-order chi connectivity index (χ1) is 10.9. The number of aliphatic imine (C=N–C) groups is 2. The molecule has 0 fully saturated rings. The third-order valence-corrected chi connectivity index (χ3v) is 3.00. The molecule has 0 aliphatic carbocycles. The summed E-state index contributed by atoms with van der Waals surface area (Å²) >= 11 is 0. The summed E-state index contributed by atoms with van der Waals surface area (Å²) in [4.78, 5) is 13.3. The quantitative estimate of drug-likeness (QED) is 0.376. The van der Waals surface area contributed by atoms with Gasteiger partial charge in [-0.1, -0.05) is 42.5 Å². The van der Waals surface area contributed by atoms with Gasteiger partial charge in [-0.15, -0.1) is 0 Å². The first kappa shape index (κ1) is 26.6. The van der Waals surface area contributed by atoms with E-state index >= 15 is 0 Å². The molecule has 1 aromatic heterocycles. The van der Waals surface area contributed by atoms with Crippen molar-refractivity contribution in [1.82, 2.24) is 4.98 Å². The van der Waals surface area contributed by atoms with Gasteiger partial charge in [0, 0.05) is 0 Å². The number of para-hydroxylation sites is 2. The van der Waals surface area contributed by atoms with Crippen molar-refractivity contribution in [3.05, 3.63) is 90.3 Å². The summed E-state index contributed by atoms with van der Waals surface area (Å²) < 4.78 is 0. The number of halogens is 3. The van der Waals surface area contributed by atoms with E-state index in [9.17, 15) is 0 Å². The van der Waals surface area contributed by atoms with E-state index in [0.717, 1.165) is 22.8 Å². The fourth-order valence-corrected chi connectivity index (χ4v) is 1.92. The van der Waals surface area contributed by atoms with Crippen molar-refractivity contribution in [1.29, 1.82) is 0 Å². The zero-order valence-corrected chi connectivity index (χ0v) is 17.2. The monoisotopic (exact) mass is 441 g/mol. The Hall–Kier alpha value is -1.62. The predicted molar refractivity (Wildman–Crippen MR) is 91.6 cm³/mol. The van der Waals surface area contributed by atoms with Crippen LogP contribution >= 0.6 is 0 Å². The maximum absolute atomic E-state index is 4.50. The molecular formula is C19H15Cl3N3V. The van der Waals surface area contributed by atoms with Gasteiger partial charge in [-0.25, -0.2) is 4.98 Å². The van der Waals surface area contributed by atoms with Crippen molar-refractivity contribution in [2.75, 3.05) is 0 Å². The summed E-state index contributed by atoms with van der Waals surface area (Å²) in [5, 5.41) is 0. The van der Waals surface area contributed by atoms with Gasteiger partial charge in [0.15, 0.2) is 0 Å². The van der Waals surface area contributed by atoms with Crippen LogP contribution in [0.5, 0.6) is 0 Å². The van der Waals surface area contributed by atoms with E-state index in [2.05, 4.69) is 15.0 Å². The van der Waals surface area contributed by atoms with E-state index in [1.807, 2.05) is 78.9 Å². The predicted octanol–water partition coefficient (Wildman–Crippen LogP) is -4.41. The second-order valence-corrected chi connectivity index (χ2v) is 4.67. The summed E-state index contributed by atoms with van der Waals surface area (Å²) in [6.07, 6.45) is 3.52. The molecular weight excluding hydrogens is 428 g/mol. The van der Waals surface area contributed by atoms with E-state index < -0.39 is 0 Å². The average molecular weight is 443 g/mol. The smallest absolute Gasteiger partial charge is 1.00 e. The van der Waals surface area contributed by atoms with Gasteiger partial charge in [0.05, 0.1) is 35.2 Å². The molecule has 0 aliphatic rings. The molecule has 0 bridgehead atoms. The molecule has 0 radical (unpaired) electrons. The average Bonchev–Trinajstić information content (AvgIpc) is 2.60. The number of aromatic nitrogens is 1. The van der Waals surface area contributed by atoms with Crippen LogP contribution in [0.3, 0.4) is 0 Å².